The van der Waals surface area contributed by atoms with Gasteiger partial charge >= 0.3 is 12.1 Å². The van der Waals surface area contributed by atoms with Crippen LogP contribution in [0.4, 0.5) is 30.8 Å². The third-order valence-electron chi connectivity index (χ3n) is 6.34. The number of rotatable bonds is 8. The minimum Gasteiger partial charge on any atom is -0.461 e. The van der Waals surface area contributed by atoms with Gasteiger partial charge in [-0.25, -0.2) is 23.4 Å². The Labute approximate surface area is 235 Å². The molecule has 4 rings (SSSR count). The minimum atomic E-state index is -0.804. The van der Waals surface area contributed by atoms with Crippen LogP contribution in [0.1, 0.15) is 29.9 Å². The lowest BCUT2D eigenvalue weighted by Gasteiger charge is -2.39. The quantitative estimate of drug-likeness (QED) is 0.290. The molecular weight excluding hydrogens is 536 g/mol. The number of esters is 1. The average molecular weight is 566 g/mol. The maximum Gasteiger partial charge on any atom is 0.409 e. The van der Waals surface area contributed by atoms with E-state index in [9.17, 15) is 23.2 Å². The van der Waals surface area contributed by atoms with Crippen LogP contribution in [-0.4, -0.2) is 67.4 Å². The van der Waals surface area contributed by atoms with Crippen molar-refractivity contribution in [2.24, 2.45) is 10.9 Å². The number of carbonyl (C=O) groups is 3. The lowest BCUT2D eigenvalue weighted by atomic mass is 9.86. The van der Waals surface area contributed by atoms with Crippen molar-refractivity contribution in [3.05, 3.63) is 71.4 Å². The topological polar surface area (TPSA) is 122 Å². The summed E-state index contributed by atoms with van der Waals surface area (Å²) in [5, 5.41) is 5.67. The van der Waals surface area contributed by atoms with Crippen molar-refractivity contribution < 1.29 is 32.6 Å². The van der Waals surface area contributed by atoms with E-state index in [4.69, 9.17) is 9.47 Å². The zero-order valence-electron chi connectivity index (χ0n) is 23.0. The summed E-state index contributed by atoms with van der Waals surface area (Å²) in [4.78, 5) is 46.9. The molecule has 1 aliphatic heterocycles. The average Bonchev–Trinajstić information content (AvgIpc) is 2.89. The van der Waals surface area contributed by atoms with Gasteiger partial charge in [0.2, 0.25) is 5.91 Å². The zero-order valence-corrected chi connectivity index (χ0v) is 23.0. The highest BCUT2D eigenvalue weighted by Crippen LogP contribution is 2.36. The summed E-state index contributed by atoms with van der Waals surface area (Å²) < 4.78 is 38.2. The Morgan fingerprint density at radius 3 is 2.27 bits per heavy atom. The first-order valence-electron chi connectivity index (χ1n) is 12.8. The molecular formula is C29H29F2N5O5. The van der Waals surface area contributed by atoms with E-state index in [0.29, 0.717) is 41.2 Å². The molecule has 214 valence electrons. The van der Waals surface area contributed by atoms with E-state index >= 15 is 0 Å². The number of methoxy groups -OCH3 is 1. The first-order valence-corrected chi connectivity index (χ1v) is 12.8. The summed E-state index contributed by atoms with van der Waals surface area (Å²) in [5.41, 5.74) is 2.75. The highest BCUT2D eigenvalue weighted by Gasteiger charge is 2.37. The van der Waals surface area contributed by atoms with Gasteiger partial charge in [-0.3, -0.25) is 9.79 Å². The van der Waals surface area contributed by atoms with Gasteiger partial charge in [0.25, 0.3) is 0 Å². The Bertz CT molecular complexity index is 1480. The van der Waals surface area contributed by atoms with Crippen molar-refractivity contribution in [3.8, 4) is 11.1 Å². The van der Waals surface area contributed by atoms with Crippen molar-refractivity contribution in [1.82, 2.24) is 9.88 Å². The summed E-state index contributed by atoms with van der Waals surface area (Å²) in [6.07, 6.45) is -0.477. The second-order valence-corrected chi connectivity index (χ2v) is 9.22. The van der Waals surface area contributed by atoms with Gasteiger partial charge in [-0.05, 0) is 48.4 Å². The number of hydrogen-bond donors (Lipinski definition) is 2. The monoisotopic (exact) mass is 565 g/mol. The Morgan fingerprint density at radius 2 is 1.71 bits per heavy atom. The predicted octanol–water partition coefficient (Wildman–Crippen LogP) is 5.02. The summed E-state index contributed by atoms with van der Waals surface area (Å²) in [6.45, 7) is 3.79. The largest absolute Gasteiger partial charge is 0.461 e. The molecule has 3 aromatic rings. The third kappa shape index (κ3) is 6.65. The van der Waals surface area contributed by atoms with Crippen LogP contribution < -0.4 is 10.6 Å². The van der Waals surface area contributed by atoms with Crippen LogP contribution in [0, 0.1) is 17.6 Å². The molecule has 1 aromatic heterocycles. The van der Waals surface area contributed by atoms with Gasteiger partial charge in [0.15, 0.2) is 5.69 Å². The number of halogens is 2. The maximum atomic E-state index is 14.1. The number of aliphatic imine (C=N–C) groups is 1. The van der Waals surface area contributed by atoms with Gasteiger partial charge < -0.3 is 25.0 Å². The van der Waals surface area contributed by atoms with Gasteiger partial charge in [0, 0.05) is 56.0 Å². The number of ether oxygens (including phenoxy) is 2. The van der Waals surface area contributed by atoms with Crippen molar-refractivity contribution >= 4 is 40.9 Å². The number of anilines is 3. The number of amides is 2. The molecule has 0 radical (unpaired) electrons. The normalized spacial score (nSPS) is 13.3. The molecule has 41 heavy (non-hydrogen) atoms. The van der Waals surface area contributed by atoms with Gasteiger partial charge in [-0.2, -0.15) is 0 Å². The number of likely N-dealkylation sites (tertiary alicyclic amines) is 1. The molecule has 12 heteroatoms. The number of pyridine rings is 1. The fraction of sp³-hybridized carbons (Fsp3) is 0.276. The van der Waals surface area contributed by atoms with Crippen LogP contribution in [0.2, 0.25) is 0 Å². The van der Waals surface area contributed by atoms with Crippen molar-refractivity contribution in [3.63, 3.8) is 0 Å². The van der Waals surface area contributed by atoms with E-state index in [1.807, 2.05) is 0 Å². The lowest BCUT2D eigenvalue weighted by Crippen LogP contribution is -2.53. The fourth-order valence-electron chi connectivity index (χ4n) is 4.56. The van der Waals surface area contributed by atoms with E-state index in [0.717, 1.165) is 18.2 Å². The number of aromatic nitrogens is 1. The summed E-state index contributed by atoms with van der Waals surface area (Å²) in [6, 6.07) is 11.4. The summed E-state index contributed by atoms with van der Waals surface area (Å²) in [7, 11) is 2.88. The highest BCUT2D eigenvalue weighted by atomic mass is 19.1. The van der Waals surface area contributed by atoms with Crippen LogP contribution in [0.3, 0.4) is 0 Å². The van der Waals surface area contributed by atoms with Crippen LogP contribution in [0.15, 0.2) is 53.5 Å². The first kappa shape index (κ1) is 29.1. The van der Waals surface area contributed by atoms with Gasteiger partial charge in [-0.1, -0.05) is 12.1 Å². The molecule has 2 heterocycles. The number of nitrogens with zero attached hydrogens (tertiary/aromatic N) is 3. The minimum absolute atomic E-state index is 0.0452. The maximum absolute atomic E-state index is 14.1. The Hall–Kier alpha value is -4.87. The molecule has 0 unspecified atom stereocenters. The second kappa shape index (κ2) is 12.5. The van der Waals surface area contributed by atoms with E-state index in [1.54, 1.807) is 44.3 Å². The molecule has 1 fully saturated rings. The summed E-state index contributed by atoms with van der Waals surface area (Å²) in [5.74, 6) is -2.65. The van der Waals surface area contributed by atoms with Crippen molar-refractivity contribution in [2.75, 3.05) is 44.5 Å². The molecule has 1 saturated heterocycles. The molecule has 0 bridgehead atoms. The first-order chi connectivity index (χ1) is 19.6. The smallest absolute Gasteiger partial charge is 0.409 e. The Kier molecular flexibility index (Phi) is 8.91. The Balaban J connectivity index is 1.91. The van der Waals surface area contributed by atoms with Gasteiger partial charge in [0.1, 0.15) is 17.5 Å². The highest BCUT2D eigenvalue weighted by molar-refractivity contribution is 6.13. The standard InChI is InChI=1S/C29H29F2N5O5/c1-5-41-28(38)24-13-23(17-6-8-21(9-7-17)33-16(2)37)25(26(32-3)18-14-36(15-18)29(39)40-4)27(35-24)34-22-11-19(30)10-20(31)12-22/h6-13,18H,5,14-15H2,1-4H3,(H,33,37)(H,34,35)/b32-26-. The molecule has 0 aliphatic carbocycles. The number of hydrogen-bond acceptors (Lipinski definition) is 8. The van der Waals surface area contributed by atoms with Crippen molar-refractivity contribution in [1.29, 1.82) is 0 Å². The van der Waals surface area contributed by atoms with Crippen LogP contribution >= 0.6 is 0 Å². The molecule has 2 aromatic carbocycles. The van der Waals surface area contributed by atoms with E-state index < -0.39 is 23.7 Å². The van der Waals surface area contributed by atoms with Gasteiger partial charge in [-0.15, -0.1) is 0 Å². The SMILES string of the molecule is CCOC(=O)c1cc(-c2ccc(NC(C)=O)cc2)c(/C(=N\C)C2CN(C(=O)OC)C2)c(Nc2cc(F)cc(F)c2)n1. The molecule has 2 N–H and O–H groups in total. The molecule has 0 spiro atoms. The predicted molar refractivity (Wildman–Crippen MR) is 150 cm³/mol. The lowest BCUT2D eigenvalue weighted by molar-refractivity contribution is -0.114. The molecule has 0 saturated carbocycles. The number of nitrogens with one attached hydrogen (secondary N) is 2. The van der Waals surface area contributed by atoms with E-state index in [1.165, 1.54) is 18.9 Å². The molecule has 1 aliphatic rings. The second-order valence-electron chi connectivity index (χ2n) is 9.22. The van der Waals surface area contributed by atoms with Gasteiger partial charge in [0.05, 0.1) is 19.4 Å². The van der Waals surface area contributed by atoms with Crippen LogP contribution in [0.25, 0.3) is 11.1 Å². The van der Waals surface area contributed by atoms with Crippen LogP contribution in [-0.2, 0) is 14.3 Å². The van der Waals surface area contributed by atoms with Crippen LogP contribution in [0.5, 0.6) is 0 Å². The fourth-order valence-corrected chi connectivity index (χ4v) is 4.56. The van der Waals surface area contributed by atoms with E-state index in [-0.39, 0.29) is 35.6 Å². The summed E-state index contributed by atoms with van der Waals surface area (Å²) >= 11 is 0. The molecule has 10 nitrogen and oxygen atoms in total. The third-order valence-corrected chi connectivity index (χ3v) is 6.34. The van der Waals surface area contributed by atoms with E-state index in [2.05, 4.69) is 20.6 Å². The Morgan fingerprint density at radius 1 is 1.05 bits per heavy atom. The molecule has 2 amide bonds. The number of benzene rings is 2. The molecule has 0 atom stereocenters. The number of carbonyl (C=O) groups excluding carboxylic acids is 3. The zero-order chi connectivity index (χ0) is 29.7. The van der Waals surface area contributed by atoms with Crippen molar-refractivity contribution in [2.45, 2.75) is 13.8 Å².